The summed E-state index contributed by atoms with van der Waals surface area (Å²) in [4.78, 5) is 0. The van der Waals surface area contributed by atoms with Crippen molar-refractivity contribution in [1.29, 1.82) is 0 Å². The molecular formula is C13H17FO2. The number of rotatable bonds is 5. The van der Waals surface area contributed by atoms with Gasteiger partial charge >= 0.3 is 0 Å². The fourth-order valence-corrected chi connectivity index (χ4v) is 1.18. The van der Waals surface area contributed by atoms with Gasteiger partial charge in [-0.2, -0.15) is 0 Å². The molecule has 0 radical (unpaired) electrons. The van der Waals surface area contributed by atoms with Gasteiger partial charge in [-0.05, 0) is 36.6 Å². The molecule has 0 aliphatic carbocycles. The smallest absolute Gasteiger partial charge is 0.165 e. The van der Waals surface area contributed by atoms with Crippen molar-refractivity contribution in [3.8, 4) is 5.75 Å². The van der Waals surface area contributed by atoms with Crippen LogP contribution in [0.3, 0.4) is 0 Å². The molecule has 0 unspecified atom stereocenters. The molecule has 1 aromatic rings. The van der Waals surface area contributed by atoms with E-state index in [9.17, 15) is 9.50 Å². The standard InChI is InChI=1S/C13H17FO2/c1-4-9(2)8-16-13-6-5-11(10(3)15)7-12(13)14/h5-7,10,15H,2,4,8H2,1,3H3/t10-/m1/s1. The van der Waals surface area contributed by atoms with Gasteiger partial charge in [-0.3, -0.25) is 0 Å². The first-order valence-corrected chi connectivity index (χ1v) is 5.31. The van der Waals surface area contributed by atoms with Gasteiger partial charge in [0.05, 0.1) is 6.10 Å². The first kappa shape index (κ1) is 12.7. The van der Waals surface area contributed by atoms with Crippen LogP contribution >= 0.6 is 0 Å². The van der Waals surface area contributed by atoms with Crippen molar-refractivity contribution in [2.45, 2.75) is 26.4 Å². The monoisotopic (exact) mass is 224 g/mol. The average molecular weight is 224 g/mol. The predicted octanol–water partition coefficient (Wildman–Crippen LogP) is 3.22. The Bertz CT molecular complexity index is 372. The number of hydrogen-bond acceptors (Lipinski definition) is 2. The molecule has 0 fully saturated rings. The number of ether oxygens (including phenoxy) is 1. The summed E-state index contributed by atoms with van der Waals surface area (Å²) in [5.41, 5.74) is 1.46. The molecule has 88 valence electrons. The minimum atomic E-state index is -0.672. The highest BCUT2D eigenvalue weighted by atomic mass is 19.1. The molecular weight excluding hydrogens is 207 g/mol. The van der Waals surface area contributed by atoms with E-state index in [0.717, 1.165) is 12.0 Å². The summed E-state index contributed by atoms with van der Waals surface area (Å²) in [7, 11) is 0. The molecule has 1 rings (SSSR count). The van der Waals surface area contributed by atoms with Gasteiger partial charge in [-0.25, -0.2) is 4.39 Å². The number of aliphatic hydroxyl groups is 1. The molecule has 0 aliphatic heterocycles. The Hall–Kier alpha value is -1.35. The Labute approximate surface area is 95.4 Å². The van der Waals surface area contributed by atoms with Gasteiger partial charge in [0.25, 0.3) is 0 Å². The molecule has 1 aromatic carbocycles. The van der Waals surface area contributed by atoms with Crippen molar-refractivity contribution in [2.75, 3.05) is 6.61 Å². The molecule has 0 aromatic heterocycles. The highest BCUT2D eigenvalue weighted by molar-refractivity contribution is 5.30. The zero-order valence-electron chi connectivity index (χ0n) is 9.66. The maximum Gasteiger partial charge on any atom is 0.165 e. The third kappa shape index (κ3) is 3.35. The fraction of sp³-hybridized carbons (Fsp3) is 0.385. The SMILES string of the molecule is C=C(CC)COc1ccc([C@@H](C)O)cc1F. The molecule has 16 heavy (non-hydrogen) atoms. The van der Waals surface area contributed by atoms with Gasteiger partial charge in [-0.15, -0.1) is 0 Å². The fourth-order valence-electron chi connectivity index (χ4n) is 1.18. The van der Waals surface area contributed by atoms with Crippen LogP contribution in [-0.2, 0) is 0 Å². The van der Waals surface area contributed by atoms with Crippen LogP contribution in [0.25, 0.3) is 0 Å². The lowest BCUT2D eigenvalue weighted by Crippen LogP contribution is -2.02. The Morgan fingerprint density at radius 2 is 2.25 bits per heavy atom. The molecule has 2 nitrogen and oxygen atoms in total. The summed E-state index contributed by atoms with van der Waals surface area (Å²) in [6.45, 7) is 7.66. The second-order valence-electron chi connectivity index (χ2n) is 3.76. The third-order valence-electron chi connectivity index (χ3n) is 2.37. The average Bonchev–Trinajstić information content (AvgIpc) is 2.26. The molecule has 3 heteroatoms. The van der Waals surface area contributed by atoms with Crippen molar-refractivity contribution >= 4 is 0 Å². The third-order valence-corrected chi connectivity index (χ3v) is 2.37. The zero-order chi connectivity index (χ0) is 12.1. The van der Waals surface area contributed by atoms with Gasteiger partial charge in [0.2, 0.25) is 0 Å². The zero-order valence-corrected chi connectivity index (χ0v) is 9.66. The lowest BCUT2D eigenvalue weighted by molar-refractivity contribution is 0.198. The molecule has 0 amide bonds. The predicted molar refractivity (Wildman–Crippen MR) is 62.0 cm³/mol. The quantitative estimate of drug-likeness (QED) is 0.778. The molecule has 0 bridgehead atoms. The van der Waals surface area contributed by atoms with E-state index in [1.54, 1.807) is 13.0 Å². The first-order chi connectivity index (χ1) is 7.54. The van der Waals surface area contributed by atoms with Crippen LogP contribution in [0.1, 0.15) is 31.9 Å². The lowest BCUT2D eigenvalue weighted by Gasteiger charge is -2.10. The van der Waals surface area contributed by atoms with Gasteiger partial charge < -0.3 is 9.84 Å². The van der Waals surface area contributed by atoms with Gasteiger partial charge in [0, 0.05) is 0 Å². The minimum absolute atomic E-state index is 0.194. The summed E-state index contributed by atoms with van der Waals surface area (Å²) in [6, 6.07) is 4.47. The maximum absolute atomic E-state index is 13.5. The molecule has 0 spiro atoms. The summed E-state index contributed by atoms with van der Waals surface area (Å²) in [6.07, 6.45) is 0.141. The Morgan fingerprint density at radius 1 is 1.56 bits per heavy atom. The van der Waals surface area contributed by atoms with Crippen molar-refractivity contribution in [3.05, 3.63) is 41.7 Å². The molecule has 1 atom stereocenters. The van der Waals surface area contributed by atoms with Gasteiger partial charge in [0.1, 0.15) is 6.61 Å². The van der Waals surface area contributed by atoms with Crippen LogP contribution in [-0.4, -0.2) is 11.7 Å². The molecule has 0 saturated heterocycles. The van der Waals surface area contributed by atoms with E-state index in [1.165, 1.54) is 12.1 Å². The van der Waals surface area contributed by atoms with E-state index in [2.05, 4.69) is 6.58 Å². The second-order valence-corrected chi connectivity index (χ2v) is 3.76. The number of halogens is 1. The van der Waals surface area contributed by atoms with Crippen molar-refractivity contribution < 1.29 is 14.2 Å². The van der Waals surface area contributed by atoms with Crippen molar-refractivity contribution in [2.24, 2.45) is 0 Å². The maximum atomic E-state index is 13.5. The van der Waals surface area contributed by atoms with Crippen molar-refractivity contribution in [3.63, 3.8) is 0 Å². The second kappa shape index (κ2) is 5.66. The lowest BCUT2D eigenvalue weighted by atomic mass is 10.1. The molecule has 1 N–H and O–H groups in total. The van der Waals surface area contributed by atoms with Gasteiger partial charge in [0.15, 0.2) is 11.6 Å². The van der Waals surface area contributed by atoms with E-state index in [-0.39, 0.29) is 5.75 Å². The van der Waals surface area contributed by atoms with Crippen LogP contribution < -0.4 is 4.74 Å². The summed E-state index contributed by atoms with van der Waals surface area (Å²) < 4.78 is 18.8. The number of benzene rings is 1. The van der Waals surface area contributed by atoms with Crippen molar-refractivity contribution in [1.82, 2.24) is 0 Å². The van der Waals surface area contributed by atoms with Crippen LogP contribution in [0.4, 0.5) is 4.39 Å². The largest absolute Gasteiger partial charge is 0.486 e. The van der Waals surface area contributed by atoms with Crippen LogP contribution in [0.15, 0.2) is 30.4 Å². The van der Waals surface area contributed by atoms with Crippen LogP contribution in [0.5, 0.6) is 5.75 Å². The van der Waals surface area contributed by atoms with E-state index in [4.69, 9.17) is 4.74 Å². The Morgan fingerprint density at radius 3 is 2.75 bits per heavy atom. The Balaban J connectivity index is 2.72. The Kier molecular flexibility index (Phi) is 4.50. The first-order valence-electron chi connectivity index (χ1n) is 5.31. The molecule has 0 heterocycles. The van der Waals surface area contributed by atoms with E-state index >= 15 is 0 Å². The minimum Gasteiger partial charge on any atom is -0.486 e. The normalized spacial score (nSPS) is 12.2. The van der Waals surface area contributed by atoms with E-state index < -0.39 is 11.9 Å². The highest BCUT2D eigenvalue weighted by Crippen LogP contribution is 2.22. The van der Waals surface area contributed by atoms with Gasteiger partial charge in [-0.1, -0.05) is 19.6 Å². The van der Waals surface area contributed by atoms with Crippen LogP contribution in [0.2, 0.25) is 0 Å². The summed E-state index contributed by atoms with van der Waals surface area (Å²) >= 11 is 0. The van der Waals surface area contributed by atoms with Crippen LogP contribution in [0, 0.1) is 5.82 Å². The number of hydrogen-bond donors (Lipinski definition) is 1. The molecule has 0 saturated carbocycles. The summed E-state index contributed by atoms with van der Waals surface area (Å²) in [5.74, 6) is -0.263. The van der Waals surface area contributed by atoms with E-state index in [1.807, 2.05) is 6.92 Å². The topological polar surface area (TPSA) is 29.5 Å². The number of aliphatic hydroxyl groups excluding tert-OH is 1. The van der Waals surface area contributed by atoms with E-state index in [0.29, 0.717) is 12.2 Å². The molecule has 0 aliphatic rings. The highest BCUT2D eigenvalue weighted by Gasteiger charge is 2.07. The summed E-state index contributed by atoms with van der Waals surface area (Å²) in [5, 5.41) is 9.27.